The maximum Gasteiger partial charge on any atom is 0.573 e. The molecule has 0 aromatic heterocycles. The average Bonchev–Trinajstić information content (AvgIpc) is 2.51. The van der Waals surface area contributed by atoms with Gasteiger partial charge in [0.25, 0.3) is 0 Å². The van der Waals surface area contributed by atoms with Crippen LogP contribution in [0.2, 0.25) is 0 Å². The number of hydrogen-bond acceptors (Lipinski definition) is 3. The summed E-state index contributed by atoms with van der Waals surface area (Å²) in [5.74, 6) is -1.66. The second-order valence-corrected chi connectivity index (χ2v) is 4.82. The molecule has 0 unspecified atom stereocenters. The third-order valence-electron chi connectivity index (χ3n) is 2.96. The standard InChI is InChI=1S/C16H10F6O3/c17-15(18,19)9-24-13-6-5-10(7-14(13)25-16(20,21)22)12-4-2-1-3-11(12)8-23/h1-8H,9H2. The molecule has 0 N–H and O–H groups in total. The number of alkyl halides is 6. The Balaban J connectivity index is 2.44. The highest BCUT2D eigenvalue weighted by Gasteiger charge is 2.34. The van der Waals surface area contributed by atoms with Crippen molar-refractivity contribution in [2.24, 2.45) is 0 Å². The van der Waals surface area contributed by atoms with Crippen LogP contribution in [0.4, 0.5) is 26.3 Å². The molecule has 0 saturated carbocycles. The van der Waals surface area contributed by atoms with Crippen LogP contribution < -0.4 is 9.47 Å². The largest absolute Gasteiger partial charge is 0.573 e. The molecule has 0 aliphatic rings. The molecule has 25 heavy (non-hydrogen) atoms. The molecule has 9 heteroatoms. The second-order valence-electron chi connectivity index (χ2n) is 4.82. The minimum atomic E-state index is -5.13. The molecule has 0 amide bonds. The molecule has 2 aromatic rings. The Morgan fingerprint density at radius 1 is 0.920 bits per heavy atom. The number of benzene rings is 2. The van der Waals surface area contributed by atoms with E-state index >= 15 is 0 Å². The van der Waals surface area contributed by atoms with Gasteiger partial charge in [-0.05, 0) is 23.3 Å². The molecular weight excluding hydrogens is 354 g/mol. The first-order valence-corrected chi connectivity index (χ1v) is 6.73. The predicted molar refractivity (Wildman–Crippen MR) is 75.5 cm³/mol. The molecule has 2 aromatic carbocycles. The van der Waals surface area contributed by atoms with Gasteiger partial charge in [-0.25, -0.2) is 0 Å². The molecule has 0 fully saturated rings. The van der Waals surface area contributed by atoms with Crippen LogP contribution in [0.15, 0.2) is 42.5 Å². The van der Waals surface area contributed by atoms with E-state index in [0.717, 1.165) is 12.1 Å². The van der Waals surface area contributed by atoms with Crippen LogP contribution >= 0.6 is 0 Å². The Morgan fingerprint density at radius 3 is 2.20 bits per heavy atom. The lowest BCUT2D eigenvalue weighted by Gasteiger charge is -2.16. The minimum Gasteiger partial charge on any atom is -0.480 e. The molecule has 0 radical (unpaired) electrons. The van der Waals surface area contributed by atoms with E-state index in [1.165, 1.54) is 18.2 Å². The van der Waals surface area contributed by atoms with Gasteiger partial charge < -0.3 is 9.47 Å². The van der Waals surface area contributed by atoms with Crippen molar-refractivity contribution in [2.45, 2.75) is 12.5 Å². The molecule has 134 valence electrons. The predicted octanol–water partition coefficient (Wildman–Crippen LogP) is 5.01. The van der Waals surface area contributed by atoms with Crippen molar-refractivity contribution < 1.29 is 40.6 Å². The van der Waals surface area contributed by atoms with E-state index in [-0.39, 0.29) is 11.1 Å². The van der Waals surface area contributed by atoms with Crippen LogP contribution in [0.25, 0.3) is 11.1 Å². The van der Waals surface area contributed by atoms with Crippen molar-refractivity contribution in [3.05, 3.63) is 48.0 Å². The summed E-state index contributed by atoms with van der Waals surface area (Å²) in [5, 5.41) is 0. The van der Waals surface area contributed by atoms with Gasteiger partial charge in [0.15, 0.2) is 24.4 Å². The zero-order chi connectivity index (χ0) is 18.7. The molecule has 0 aliphatic carbocycles. The number of halogens is 6. The highest BCUT2D eigenvalue weighted by Crippen LogP contribution is 2.37. The van der Waals surface area contributed by atoms with Gasteiger partial charge in [0, 0.05) is 5.56 Å². The van der Waals surface area contributed by atoms with Crippen LogP contribution in [0.1, 0.15) is 10.4 Å². The molecule has 0 aliphatic heterocycles. The molecule has 0 saturated heterocycles. The van der Waals surface area contributed by atoms with Gasteiger partial charge in [0.05, 0.1) is 0 Å². The van der Waals surface area contributed by atoms with E-state index in [1.807, 2.05) is 0 Å². The number of aldehydes is 1. The van der Waals surface area contributed by atoms with Crippen molar-refractivity contribution in [3.63, 3.8) is 0 Å². The smallest absolute Gasteiger partial charge is 0.480 e. The van der Waals surface area contributed by atoms with Crippen molar-refractivity contribution in [3.8, 4) is 22.6 Å². The van der Waals surface area contributed by atoms with E-state index in [1.54, 1.807) is 12.1 Å². The maximum atomic E-state index is 12.5. The van der Waals surface area contributed by atoms with Crippen molar-refractivity contribution in [1.82, 2.24) is 0 Å². The fraction of sp³-hybridized carbons (Fsp3) is 0.188. The van der Waals surface area contributed by atoms with E-state index in [2.05, 4.69) is 9.47 Å². The molecular formula is C16H10F6O3. The van der Waals surface area contributed by atoms with E-state index in [4.69, 9.17) is 0 Å². The van der Waals surface area contributed by atoms with Gasteiger partial charge in [-0.2, -0.15) is 13.2 Å². The summed E-state index contributed by atoms with van der Waals surface area (Å²) >= 11 is 0. The second kappa shape index (κ2) is 7.04. The van der Waals surface area contributed by atoms with Crippen LogP contribution in [-0.4, -0.2) is 25.4 Å². The zero-order valence-corrected chi connectivity index (χ0v) is 12.3. The summed E-state index contributed by atoms with van der Waals surface area (Å²) in [6, 6.07) is 9.05. The van der Waals surface area contributed by atoms with Gasteiger partial charge in [0.1, 0.15) is 0 Å². The van der Waals surface area contributed by atoms with Gasteiger partial charge in [-0.15, -0.1) is 13.2 Å². The number of rotatable bonds is 5. The summed E-state index contributed by atoms with van der Waals surface area (Å²) in [6.07, 6.45) is -9.34. The summed E-state index contributed by atoms with van der Waals surface area (Å²) < 4.78 is 82.4. The van der Waals surface area contributed by atoms with Crippen molar-refractivity contribution in [1.29, 1.82) is 0 Å². The van der Waals surface area contributed by atoms with Crippen molar-refractivity contribution in [2.75, 3.05) is 6.61 Å². The lowest BCUT2D eigenvalue weighted by Crippen LogP contribution is -2.21. The first-order valence-electron chi connectivity index (χ1n) is 6.73. The number of ether oxygens (including phenoxy) is 2. The first-order chi connectivity index (χ1) is 11.6. The van der Waals surface area contributed by atoms with Gasteiger partial charge in [-0.3, -0.25) is 4.79 Å². The minimum absolute atomic E-state index is 0.154. The topological polar surface area (TPSA) is 35.5 Å². The Kier molecular flexibility index (Phi) is 5.24. The zero-order valence-electron chi connectivity index (χ0n) is 12.3. The molecule has 2 rings (SSSR count). The number of carbonyl (C=O) groups is 1. The van der Waals surface area contributed by atoms with Crippen LogP contribution in [0.3, 0.4) is 0 Å². The monoisotopic (exact) mass is 364 g/mol. The van der Waals surface area contributed by atoms with E-state index in [9.17, 15) is 31.1 Å². The first kappa shape index (κ1) is 18.6. The Morgan fingerprint density at radius 2 is 1.60 bits per heavy atom. The van der Waals surface area contributed by atoms with Gasteiger partial charge >= 0.3 is 12.5 Å². The third kappa shape index (κ3) is 5.40. The number of hydrogen-bond donors (Lipinski definition) is 0. The van der Waals surface area contributed by atoms with E-state index < -0.39 is 30.6 Å². The summed E-state index contributed by atoms with van der Waals surface area (Å²) in [5.41, 5.74) is 0.651. The fourth-order valence-electron chi connectivity index (χ4n) is 2.02. The highest BCUT2D eigenvalue weighted by atomic mass is 19.4. The average molecular weight is 364 g/mol. The summed E-state index contributed by atoms with van der Waals surface area (Å²) in [6.45, 7) is -1.77. The lowest BCUT2D eigenvalue weighted by molar-refractivity contribution is -0.275. The lowest BCUT2D eigenvalue weighted by atomic mass is 10.00. The number of carbonyl (C=O) groups excluding carboxylic acids is 1. The highest BCUT2D eigenvalue weighted by molar-refractivity contribution is 5.87. The van der Waals surface area contributed by atoms with Crippen molar-refractivity contribution >= 4 is 6.29 Å². The Hall–Kier alpha value is -2.71. The summed E-state index contributed by atoms with van der Waals surface area (Å²) in [4.78, 5) is 11.0. The maximum absolute atomic E-state index is 12.5. The Labute approximate surface area is 137 Å². The molecule has 0 atom stereocenters. The molecule has 0 heterocycles. The van der Waals surface area contributed by atoms with Crippen LogP contribution in [0.5, 0.6) is 11.5 Å². The molecule has 0 spiro atoms. The Bertz CT molecular complexity index is 752. The van der Waals surface area contributed by atoms with Crippen LogP contribution in [-0.2, 0) is 0 Å². The van der Waals surface area contributed by atoms with Gasteiger partial charge in [0.2, 0.25) is 0 Å². The van der Waals surface area contributed by atoms with Gasteiger partial charge in [-0.1, -0.05) is 30.3 Å². The van der Waals surface area contributed by atoms with E-state index in [0.29, 0.717) is 11.8 Å². The fourth-order valence-corrected chi connectivity index (χ4v) is 2.02. The van der Waals surface area contributed by atoms with Crippen LogP contribution in [0, 0.1) is 0 Å². The molecule has 3 nitrogen and oxygen atoms in total. The quantitative estimate of drug-likeness (QED) is 0.553. The summed E-state index contributed by atoms with van der Waals surface area (Å²) in [7, 11) is 0. The third-order valence-corrected chi connectivity index (χ3v) is 2.96. The molecule has 0 bridgehead atoms. The SMILES string of the molecule is O=Cc1ccccc1-c1ccc(OCC(F)(F)F)c(OC(F)(F)F)c1. The normalized spacial score (nSPS) is 11.9.